The second-order valence-electron chi connectivity index (χ2n) is 5.15. The molecule has 0 heterocycles. The van der Waals surface area contributed by atoms with Crippen molar-refractivity contribution in [1.29, 1.82) is 0 Å². The van der Waals surface area contributed by atoms with Crippen LogP contribution in [0, 0.1) is 17.8 Å². The molecule has 3 rings (SSSR count). The molecular formula is C12H17NO2. The molecule has 5 atom stereocenters. The Balaban J connectivity index is 1.59. The Hall–Kier alpha value is -0.830. The van der Waals surface area contributed by atoms with Gasteiger partial charge in [-0.1, -0.05) is 12.2 Å². The number of rotatable bonds is 2. The van der Waals surface area contributed by atoms with Crippen molar-refractivity contribution in [2.24, 2.45) is 17.8 Å². The molecule has 3 aliphatic carbocycles. The molecular weight excluding hydrogens is 190 g/mol. The predicted molar refractivity (Wildman–Crippen MR) is 56.0 cm³/mol. The number of aliphatic hydroxyl groups excluding tert-OH is 1. The highest BCUT2D eigenvalue weighted by molar-refractivity contribution is 5.80. The topological polar surface area (TPSA) is 49.3 Å². The fourth-order valence-electron chi connectivity index (χ4n) is 3.02. The van der Waals surface area contributed by atoms with Crippen molar-refractivity contribution in [2.75, 3.05) is 0 Å². The first-order valence-electron chi connectivity index (χ1n) is 5.91. The number of carbonyl (C=O) groups is 1. The van der Waals surface area contributed by atoms with Gasteiger partial charge in [-0.05, 0) is 37.5 Å². The number of aliphatic hydroxyl groups is 1. The summed E-state index contributed by atoms with van der Waals surface area (Å²) < 4.78 is 0. The molecule has 2 bridgehead atoms. The number of amides is 1. The van der Waals surface area contributed by atoms with Gasteiger partial charge in [0.15, 0.2) is 0 Å². The molecule has 0 aromatic heterocycles. The lowest BCUT2D eigenvalue weighted by Gasteiger charge is -2.34. The van der Waals surface area contributed by atoms with Crippen molar-refractivity contribution in [1.82, 2.24) is 5.32 Å². The highest BCUT2D eigenvalue weighted by atomic mass is 16.3. The van der Waals surface area contributed by atoms with Crippen LogP contribution >= 0.6 is 0 Å². The molecule has 82 valence electrons. The molecule has 0 aromatic rings. The van der Waals surface area contributed by atoms with Gasteiger partial charge in [-0.2, -0.15) is 0 Å². The molecule has 5 unspecified atom stereocenters. The summed E-state index contributed by atoms with van der Waals surface area (Å²) in [5, 5.41) is 12.4. The minimum atomic E-state index is -0.303. The SMILES string of the molecule is O=C(NC1CCC1O)C1CC2C=CC1C2. The molecule has 3 aliphatic rings. The van der Waals surface area contributed by atoms with E-state index in [0.717, 1.165) is 25.7 Å². The summed E-state index contributed by atoms with van der Waals surface area (Å²) in [6.07, 6.45) is 8.07. The Labute approximate surface area is 89.6 Å². The first-order valence-corrected chi connectivity index (χ1v) is 5.91. The van der Waals surface area contributed by atoms with E-state index in [9.17, 15) is 9.90 Å². The molecule has 3 nitrogen and oxygen atoms in total. The van der Waals surface area contributed by atoms with Crippen LogP contribution in [0.3, 0.4) is 0 Å². The van der Waals surface area contributed by atoms with Crippen LogP contribution in [0.4, 0.5) is 0 Å². The predicted octanol–water partition coefficient (Wildman–Crippen LogP) is 0.838. The molecule has 0 radical (unpaired) electrons. The Kier molecular flexibility index (Phi) is 2.09. The lowest BCUT2D eigenvalue weighted by molar-refractivity contribution is -0.128. The molecule has 0 aromatic carbocycles. The van der Waals surface area contributed by atoms with Gasteiger partial charge in [0, 0.05) is 5.92 Å². The van der Waals surface area contributed by atoms with Crippen LogP contribution in [0.1, 0.15) is 25.7 Å². The third kappa shape index (κ3) is 1.49. The van der Waals surface area contributed by atoms with Gasteiger partial charge >= 0.3 is 0 Å². The molecule has 2 N–H and O–H groups in total. The molecule has 0 aliphatic heterocycles. The molecule has 0 saturated heterocycles. The summed E-state index contributed by atoms with van der Waals surface area (Å²) in [5.74, 6) is 1.44. The van der Waals surface area contributed by atoms with Crippen LogP contribution in [0.5, 0.6) is 0 Å². The van der Waals surface area contributed by atoms with E-state index in [-0.39, 0.29) is 24.0 Å². The molecule has 0 spiro atoms. The number of carbonyl (C=O) groups excluding carboxylic acids is 1. The fourth-order valence-corrected chi connectivity index (χ4v) is 3.02. The standard InChI is InChI=1S/C12H17NO2/c14-11-4-3-10(11)13-12(15)9-6-7-1-2-8(9)5-7/h1-2,7-11,14H,3-6H2,(H,13,15). The van der Waals surface area contributed by atoms with Crippen molar-refractivity contribution in [2.45, 2.75) is 37.8 Å². The van der Waals surface area contributed by atoms with Crippen LogP contribution in [-0.4, -0.2) is 23.2 Å². The third-order valence-electron chi connectivity index (χ3n) is 4.18. The minimum absolute atomic E-state index is 0.0283. The first-order chi connectivity index (χ1) is 7.24. The van der Waals surface area contributed by atoms with E-state index in [1.807, 2.05) is 0 Å². The molecule has 1 amide bonds. The van der Waals surface area contributed by atoms with Crippen LogP contribution in [0.2, 0.25) is 0 Å². The highest BCUT2D eigenvalue weighted by Crippen LogP contribution is 2.43. The van der Waals surface area contributed by atoms with Crippen molar-refractivity contribution >= 4 is 5.91 Å². The Morgan fingerprint density at radius 3 is 2.60 bits per heavy atom. The zero-order valence-electron chi connectivity index (χ0n) is 8.73. The molecule has 15 heavy (non-hydrogen) atoms. The minimum Gasteiger partial charge on any atom is -0.391 e. The van der Waals surface area contributed by atoms with Gasteiger partial charge in [-0.3, -0.25) is 4.79 Å². The van der Waals surface area contributed by atoms with Crippen molar-refractivity contribution in [3.05, 3.63) is 12.2 Å². The van der Waals surface area contributed by atoms with E-state index in [0.29, 0.717) is 11.8 Å². The normalized spacial score (nSPS) is 46.6. The van der Waals surface area contributed by atoms with Crippen LogP contribution in [0.15, 0.2) is 12.2 Å². The highest BCUT2D eigenvalue weighted by Gasteiger charge is 2.41. The molecule has 2 saturated carbocycles. The smallest absolute Gasteiger partial charge is 0.224 e. The Morgan fingerprint density at radius 2 is 2.13 bits per heavy atom. The summed E-state index contributed by atoms with van der Waals surface area (Å²) in [4.78, 5) is 11.9. The molecule has 2 fully saturated rings. The van der Waals surface area contributed by atoms with E-state index in [2.05, 4.69) is 17.5 Å². The Bertz CT molecular complexity index is 313. The maximum Gasteiger partial charge on any atom is 0.224 e. The van der Waals surface area contributed by atoms with E-state index >= 15 is 0 Å². The lowest BCUT2D eigenvalue weighted by Crippen LogP contribution is -2.52. The van der Waals surface area contributed by atoms with Crippen molar-refractivity contribution in [3.63, 3.8) is 0 Å². The van der Waals surface area contributed by atoms with Gasteiger partial charge in [0.1, 0.15) is 0 Å². The van der Waals surface area contributed by atoms with Gasteiger partial charge in [0.2, 0.25) is 5.91 Å². The number of allylic oxidation sites excluding steroid dienone is 2. The number of nitrogens with one attached hydrogen (secondary N) is 1. The number of fused-ring (bicyclic) bond motifs is 2. The van der Waals surface area contributed by atoms with Crippen LogP contribution in [0.25, 0.3) is 0 Å². The zero-order valence-corrected chi connectivity index (χ0v) is 8.73. The number of hydrogen-bond donors (Lipinski definition) is 2. The Morgan fingerprint density at radius 1 is 1.27 bits per heavy atom. The monoisotopic (exact) mass is 207 g/mol. The van der Waals surface area contributed by atoms with E-state index in [1.54, 1.807) is 0 Å². The van der Waals surface area contributed by atoms with E-state index in [1.165, 1.54) is 0 Å². The number of hydrogen-bond acceptors (Lipinski definition) is 2. The lowest BCUT2D eigenvalue weighted by atomic mass is 9.87. The second kappa shape index (κ2) is 3.34. The summed E-state index contributed by atoms with van der Waals surface area (Å²) in [6.45, 7) is 0. The summed E-state index contributed by atoms with van der Waals surface area (Å²) in [5.41, 5.74) is 0. The first kappa shape index (κ1) is 9.40. The molecule has 3 heteroatoms. The van der Waals surface area contributed by atoms with Gasteiger partial charge < -0.3 is 10.4 Å². The summed E-state index contributed by atoms with van der Waals surface area (Å²) >= 11 is 0. The van der Waals surface area contributed by atoms with Crippen LogP contribution in [-0.2, 0) is 4.79 Å². The van der Waals surface area contributed by atoms with Gasteiger partial charge in [0.05, 0.1) is 12.1 Å². The van der Waals surface area contributed by atoms with Gasteiger partial charge in [-0.15, -0.1) is 0 Å². The van der Waals surface area contributed by atoms with E-state index in [4.69, 9.17) is 0 Å². The largest absolute Gasteiger partial charge is 0.391 e. The average Bonchev–Trinajstić information content (AvgIpc) is 2.84. The summed E-state index contributed by atoms with van der Waals surface area (Å²) in [7, 11) is 0. The van der Waals surface area contributed by atoms with Crippen molar-refractivity contribution < 1.29 is 9.90 Å². The maximum atomic E-state index is 11.9. The van der Waals surface area contributed by atoms with Crippen LogP contribution < -0.4 is 5.32 Å². The quantitative estimate of drug-likeness (QED) is 0.659. The maximum absolute atomic E-state index is 11.9. The fraction of sp³-hybridized carbons (Fsp3) is 0.750. The van der Waals surface area contributed by atoms with E-state index < -0.39 is 0 Å². The zero-order chi connectivity index (χ0) is 10.4. The average molecular weight is 207 g/mol. The van der Waals surface area contributed by atoms with Gasteiger partial charge in [-0.25, -0.2) is 0 Å². The van der Waals surface area contributed by atoms with Crippen molar-refractivity contribution in [3.8, 4) is 0 Å². The second-order valence-corrected chi connectivity index (χ2v) is 5.15. The van der Waals surface area contributed by atoms with Gasteiger partial charge in [0.25, 0.3) is 0 Å². The summed E-state index contributed by atoms with van der Waals surface area (Å²) in [6, 6.07) is 0.0283. The third-order valence-corrected chi connectivity index (χ3v) is 4.18.